The molecule has 0 aromatic carbocycles. The van der Waals surface area contributed by atoms with Crippen molar-refractivity contribution in [3.63, 3.8) is 0 Å². The third kappa shape index (κ3) is 23.4. The standard InChI is InChI=1S/C39H77N2/c1-4-7-10-12-14-16-18-20-22-24-26-28-30-32-35-40-37-38-41(39(40)34-9-6-3)36-33-31-29-27-25-23-21-19-17-15-13-11-8-5-2/h37-38H,4-36H2,1-3H3/q+1. The number of unbranched alkanes of at least 4 members (excludes halogenated alkanes) is 27. The van der Waals surface area contributed by atoms with Gasteiger partial charge in [-0.15, -0.1) is 0 Å². The zero-order valence-corrected chi connectivity index (χ0v) is 28.9. The molecule has 0 unspecified atom stereocenters. The topological polar surface area (TPSA) is 8.81 Å². The van der Waals surface area contributed by atoms with Crippen molar-refractivity contribution in [2.45, 2.75) is 233 Å². The van der Waals surface area contributed by atoms with Gasteiger partial charge in [0, 0.05) is 6.42 Å². The van der Waals surface area contributed by atoms with Gasteiger partial charge in [0.1, 0.15) is 12.4 Å². The van der Waals surface area contributed by atoms with E-state index in [0.717, 1.165) is 0 Å². The minimum atomic E-state index is 1.23. The lowest BCUT2D eigenvalue weighted by Crippen LogP contribution is -2.37. The maximum absolute atomic E-state index is 2.60. The first-order valence-corrected chi connectivity index (χ1v) is 19.4. The molecule has 0 amide bonds. The second-order valence-electron chi connectivity index (χ2n) is 13.4. The largest absolute Gasteiger partial charge is 0.256 e. The molecule has 0 saturated heterocycles. The predicted molar refractivity (Wildman–Crippen MR) is 184 cm³/mol. The first-order chi connectivity index (χ1) is 20.3. The average Bonchev–Trinajstić information content (AvgIpc) is 3.37. The van der Waals surface area contributed by atoms with E-state index in [0.29, 0.717) is 0 Å². The van der Waals surface area contributed by atoms with Gasteiger partial charge in [-0.25, -0.2) is 9.13 Å². The van der Waals surface area contributed by atoms with Gasteiger partial charge in [0.25, 0.3) is 5.82 Å². The van der Waals surface area contributed by atoms with E-state index in [-0.39, 0.29) is 0 Å². The highest BCUT2D eigenvalue weighted by Gasteiger charge is 2.16. The van der Waals surface area contributed by atoms with Crippen LogP contribution < -0.4 is 4.57 Å². The zero-order chi connectivity index (χ0) is 29.5. The maximum atomic E-state index is 2.60. The first-order valence-electron chi connectivity index (χ1n) is 19.4. The molecular formula is C39H77N2+. The third-order valence-corrected chi connectivity index (χ3v) is 9.35. The summed E-state index contributed by atoms with van der Waals surface area (Å²) in [6, 6.07) is 0. The summed E-state index contributed by atoms with van der Waals surface area (Å²) in [4.78, 5) is 0. The van der Waals surface area contributed by atoms with E-state index < -0.39 is 0 Å². The molecule has 41 heavy (non-hydrogen) atoms. The van der Waals surface area contributed by atoms with Crippen LogP contribution in [0.4, 0.5) is 0 Å². The van der Waals surface area contributed by atoms with Crippen molar-refractivity contribution in [1.29, 1.82) is 0 Å². The summed E-state index contributed by atoms with van der Waals surface area (Å²) >= 11 is 0. The Kier molecular flexibility index (Phi) is 28.6. The van der Waals surface area contributed by atoms with Crippen LogP contribution in [0, 0.1) is 0 Å². The van der Waals surface area contributed by atoms with Crippen molar-refractivity contribution in [3.05, 3.63) is 18.2 Å². The Balaban J connectivity index is 2.06. The molecule has 2 heteroatoms. The Labute approximate surface area is 259 Å². The fraction of sp³-hybridized carbons (Fsp3) is 0.923. The van der Waals surface area contributed by atoms with Crippen LogP contribution in [0.25, 0.3) is 0 Å². The van der Waals surface area contributed by atoms with Gasteiger partial charge in [-0.1, -0.05) is 181 Å². The van der Waals surface area contributed by atoms with Crippen molar-refractivity contribution in [2.24, 2.45) is 0 Å². The quantitative estimate of drug-likeness (QED) is 0.0584. The Morgan fingerprint density at radius 1 is 0.415 bits per heavy atom. The number of hydrogen-bond acceptors (Lipinski definition) is 0. The summed E-state index contributed by atoms with van der Waals surface area (Å²) in [6.45, 7) is 9.40. The molecule has 1 aromatic rings. The van der Waals surface area contributed by atoms with E-state index in [4.69, 9.17) is 0 Å². The van der Waals surface area contributed by atoms with Gasteiger partial charge in [0.2, 0.25) is 0 Å². The Morgan fingerprint density at radius 2 is 0.756 bits per heavy atom. The summed E-state index contributed by atoms with van der Waals surface area (Å²) in [5.74, 6) is 1.59. The smallest absolute Gasteiger partial charge is 0.234 e. The van der Waals surface area contributed by atoms with Crippen molar-refractivity contribution >= 4 is 0 Å². The van der Waals surface area contributed by atoms with Crippen LogP contribution in [0.5, 0.6) is 0 Å². The Morgan fingerprint density at radius 3 is 1.15 bits per heavy atom. The normalized spacial score (nSPS) is 11.6. The SMILES string of the molecule is CCCCCCCCCCCCCCCCn1cc[n+](CCCCCCCCCCCCCCCC)c1CCCC. The van der Waals surface area contributed by atoms with Crippen LogP contribution >= 0.6 is 0 Å². The molecule has 0 aliphatic heterocycles. The minimum Gasteiger partial charge on any atom is -0.234 e. The van der Waals surface area contributed by atoms with Crippen LogP contribution in [-0.4, -0.2) is 4.57 Å². The number of nitrogens with zero attached hydrogens (tertiary/aromatic N) is 2. The number of aryl methyl sites for hydroxylation is 2. The number of rotatable bonds is 33. The van der Waals surface area contributed by atoms with Gasteiger partial charge >= 0.3 is 0 Å². The van der Waals surface area contributed by atoms with Crippen LogP contribution in [0.1, 0.15) is 219 Å². The second kappa shape index (κ2) is 30.7. The molecule has 0 bridgehead atoms. The van der Waals surface area contributed by atoms with Crippen molar-refractivity contribution in [1.82, 2.24) is 4.57 Å². The molecule has 2 nitrogen and oxygen atoms in total. The monoisotopic (exact) mass is 574 g/mol. The average molecular weight is 574 g/mol. The van der Waals surface area contributed by atoms with Gasteiger partial charge in [0.05, 0.1) is 13.1 Å². The number of aromatic nitrogens is 2. The van der Waals surface area contributed by atoms with E-state index >= 15 is 0 Å². The van der Waals surface area contributed by atoms with Gasteiger partial charge in [0.15, 0.2) is 0 Å². The molecule has 242 valence electrons. The van der Waals surface area contributed by atoms with Crippen LogP contribution in [0.2, 0.25) is 0 Å². The molecule has 0 radical (unpaired) electrons. The van der Waals surface area contributed by atoms with Gasteiger partial charge < -0.3 is 0 Å². The highest BCUT2D eigenvalue weighted by molar-refractivity contribution is 4.84. The molecule has 0 N–H and O–H groups in total. The second-order valence-corrected chi connectivity index (χ2v) is 13.4. The minimum absolute atomic E-state index is 1.23. The van der Waals surface area contributed by atoms with Crippen LogP contribution in [0.3, 0.4) is 0 Å². The maximum Gasteiger partial charge on any atom is 0.256 e. The lowest BCUT2D eigenvalue weighted by molar-refractivity contribution is -0.704. The molecule has 0 saturated carbocycles. The van der Waals surface area contributed by atoms with Gasteiger partial charge in [-0.2, -0.15) is 0 Å². The lowest BCUT2D eigenvalue weighted by Gasteiger charge is -2.06. The summed E-state index contributed by atoms with van der Waals surface area (Å²) in [7, 11) is 0. The highest BCUT2D eigenvalue weighted by Crippen LogP contribution is 2.15. The molecule has 0 spiro atoms. The van der Waals surface area contributed by atoms with Gasteiger partial charge in [-0.05, 0) is 32.1 Å². The van der Waals surface area contributed by atoms with Gasteiger partial charge in [-0.3, -0.25) is 0 Å². The molecular weight excluding hydrogens is 496 g/mol. The lowest BCUT2D eigenvalue weighted by atomic mass is 10.0. The molecule has 1 heterocycles. The summed E-state index contributed by atoms with van der Waals surface area (Å²) in [5.41, 5.74) is 0. The summed E-state index contributed by atoms with van der Waals surface area (Å²) in [6.07, 6.45) is 49.0. The molecule has 1 rings (SSSR count). The molecule has 1 aromatic heterocycles. The van der Waals surface area contributed by atoms with E-state index in [1.54, 1.807) is 5.82 Å². The fourth-order valence-corrected chi connectivity index (χ4v) is 6.48. The van der Waals surface area contributed by atoms with Crippen molar-refractivity contribution in [3.8, 4) is 0 Å². The van der Waals surface area contributed by atoms with Crippen LogP contribution in [-0.2, 0) is 19.5 Å². The Bertz CT molecular complexity index is 584. The predicted octanol–water partition coefficient (Wildman–Crippen LogP) is 13.1. The number of imidazole rings is 1. The first kappa shape index (κ1) is 38.2. The van der Waals surface area contributed by atoms with E-state index in [2.05, 4.69) is 42.3 Å². The zero-order valence-electron chi connectivity index (χ0n) is 28.9. The molecule has 0 aliphatic carbocycles. The molecule has 0 atom stereocenters. The Hall–Kier alpha value is -0.790. The third-order valence-electron chi connectivity index (χ3n) is 9.35. The fourth-order valence-electron chi connectivity index (χ4n) is 6.48. The number of hydrogen-bond donors (Lipinski definition) is 0. The van der Waals surface area contributed by atoms with E-state index in [9.17, 15) is 0 Å². The highest BCUT2D eigenvalue weighted by atomic mass is 15.1. The van der Waals surface area contributed by atoms with E-state index in [1.165, 1.54) is 212 Å². The van der Waals surface area contributed by atoms with Crippen LogP contribution in [0.15, 0.2) is 12.4 Å². The summed E-state index contributed by atoms with van der Waals surface area (Å²) in [5, 5.41) is 0. The van der Waals surface area contributed by atoms with E-state index in [1.807, 2.05) is 0 Å². The molecule has 0 aliphatic rings. The summed E-state index contributed by atoms with van der Waals surface area (Å²) < 4.78 is 5.19. The van der Waals surface area contributed by atoms with Crippen molar-refractivity contribution in [2.75, 3.05) is 0 Å². The molecule has 0 fully saturated rings. The van der Waals surface area contributed by atoms with Crippen molar-refractivity contribution < 1.29 is 4.57 Å².